The maximum atomic E-state index is 10.9. The predicted molar refractivity (Wildman–Crippen MR) is 61.8 cm³/mol. The molecule has 0 aliphatic carbocycles. The SMILES string of the molecule is COCc1ccc(C(C(=O)O)C(=O)O)c([N+](=O)[O-])c1. The minimum atomic E-state index is -1.98. The first-order valence-electron chi connectivity index (χ1n) is 5.10. The number of nitro groups is 1. The fraction of sp³-hybridized carbons (Fsp3) is 0.273. The molecule has 0 aromatic heterocycles. The monoisotopic (exact) mass is 269 g/mol. The Kier molecular flexibility index (Phi) is 4.54. The molecule has 0 bridgehead atoms. The number of methoxy groups -OCH3 is 1. The van der Waals surface area contributed by atoms with Crippen LogP contribution in [0.3, 0.4) is 0 Å². The second-order valence-corrected chi connectivity index (χ2v) is 3.69. The molecule has 0 unspecified atom stereocenters. The zero-order valence-corrected chi connectivity index (χ0v) is 9.90. The van der Waals surface area contributed by atoms with E-state index in [0.717, 1.165) is 12.1 Å². The fourth-order valence-corrected chi connectivity index (χ4v) is 1.62. The van der Waals surface area contributed by atoms with Crippen LogP contribution in [0.2, 0.25) is 0 Å². The van der Waals surface area contributed by atoms with Gasteiger partial charge in [0.25, 0.3) is 5.69 Å². The smallest absolute Gasteiger partial charge is 0.322 e. The molecule has 0 heterocycles. The van der Waals surface area contributed by atoms with E-state index in [1.54, 1.807) is 0 Å². The highest BCUT2D eigenvalue weighted by Gasteiger charge is 2.34. The highest BCUT2D eigenvalue weighted by atomic mass is 16.6. The molecule has 0 amide bonds. The van der Waals surface area contributed by atoms with Crippen molar-refractivity contribution in [1.29, 1.82) is 0 Å². The minimum Gasteiger partial charge on any atom is -0.480 e. The number of benzene rings is 1. The van der Waals surface area contributed by atoms with Gasteiger partial charge in [0.15, 0.2) is 5.92 Å². The number of ether oxygens (including phenoxy) is 1. The van der Waals surface area contributed by atoms with Crippen LogP contribution in [0.15, 0.2) is 18.2 Å². The van der Waals surface area contributed by atoms with E-state index in [1.165, 1.54) is 13.2 Å². The lowest BCUT2D eigenvalue weighted by Crippen LogP contribution is -2.22. The number of aliphatic carboxylic acids is 2. The molecule has 0 radical (unpaired) electrons. The number of hydrogen-bond donors (Lipinski definition) is 2. The standard InChI is InChI=1S/C11H11NO7/c1-19-5-6-2-3-7(8(4-6)12(17)18)9(10(13)14)11(15)16/h2-4,9H,5H2,1H3,(H,13,14)(H,15,16). The molecule has 8 heteroatoms. The largest absolute Gasteiger partial charge is 0.480 e. The quantitative estimate of drug-likeness (QED) is 0.447. The van der Waals surface area contributed by atoms with Crippen LogP contribution in [-0.4, -0.2) is 34.2 Å². The first-order chi connectivity index (χ1) is 8.88. The molecular formula is C11H11NO7. The van der Waals surface area contributed by atoms with Gasteiger partial charge in [-0.25, -0.2) is 0 Å². The lowest BCUT2D eigenvalue weighted by Gasteiger charge is -2.09. The van der Waals surface area contributed by atoms with Crippen LogP contribution in [0.5, 0.6) is 0 Å². The van der Waals surface area contributed by atoms with Crippen molar-refractivity contribution < 1.29 is 29.5 Å². The van der Waals surface area contributed by atoms with Crippen molar-refractivity contribution in [2.75, 3.05) is 7.11 Å². The zero-order chi connectivity index (χ0) is 14.6. The molecule has 0 aliphatic heterocycles. The van der Waals surface area contributed by atoms with E-state index in [-0.39, 0.29) is 12.2 Å². The van der Waals surface area contributed by atoms with Crippen LogP contribution in [0.25, 0.3) is 0 Å². The molecular weight excluding hydrogens is 258 g/mol. The molecule has 1 aromatic carbocycles. The van der Waals surface area contributed by atoms with Gasteiger partial charge < -0.3 is 14.9 Å². The third-order valence-corrected chi connectivity index (χ3v) is 2.41. The second kappa shape index (κ2) is 5.91. The molecule has 8 nitrogen and oxygen atoms in total. The molecule has 1 aromatic rings. The highest BCUT2D eigenvalue weighted by molar-refractivity contribution is 6.00. The summed E-state index contributed by atoms with van der Waals surface area (Å²) in [5.74, 6) is -5.29. The summed E-state index contributed by atoms with van der Waals surface area (Å²) in [6.07, 6.45) is 0. The topological polar surface area (TPSA) is 127 Å². The number of nitro benzene ring substituents is 1. The molecule has 0 fully saturated rings. The molecule has 0 atom stereocenters. The van der Waals surface area contributed by atoms with E-state index in [9.17, 15) is 19.7 Å². The number of nitrogens with zero attached hydrogens (tertiary/aromatic N) is 1. The van der Waals surface area contributed by atoms with Gasteiger partial charge in [0, 0.05) is 13.2 Å². The second-order valence-electron chi connectivity index (χ2n) is 3.69. The van der Waals surface area contributed by atoms with E-state index in [0.29, 0.717) is 5.56 Å². The van der Waals surface area contributed by atoms with E-state index < -0.39 is 28.5 Å². The molecule has 0 saturated heterocycles. The third-order valence-electron chi connectivity index (χ3n) is 2.41. The average Bonchev–Trinajstić information content (AvgIpc) is 2.30. The number of rotatable bonds is 6. The molecule has 2 N–H and O–H groups in total. The lowest BCUT2D eigenvalue weighted by atomic mass is 9.96. The van der Waals surface area contributed by atoms with Crippen molar-refractivity contribution >= 4 is 17.6 Å². The summed E-state index contributed by atoms with van der Waals surface area (Å²) in [4.78, 5) is 31.9. The predicted octanol–water partition coefficient (Wildman–Crippen LogP) is 0.994. The first kappa shape index (κ1) is 14.6. The van der Waals surface area contributed by atoms with Gasteiger partial charge in [0.1, 0.15) is 0 Å². The van der Waals surface area contributed by atoms with Gasteiger partial charge in [-0.3, -0.25) is 19.7 Å². The van der Waals surface area contributed by atoms with E-state index >= 15 is 0 Å². The van der Waals surface area contributed by atoms with Crippen molar-refractivity contribution in [3.8, 4) is 0 Å². The summed E-state index contributed by atoms with van der Waals surface area (Å²) in [6, 6.07) is 3.63. The van der Waals surface area contributed by atoms with Crippen molar-refractivity contribution in [3.05, 3.63) is 39.4 Å². The summed E-state index contributed by atoms with van der Waals surface area (Å²) in [6.45, 7) is 0.103. The fourth-order valence-electron chi connectivity index (χ4n) is 1.62. The Balaban J connectivity index is 3.37. The maximum Gasteiger partial charge on any atom is 0.322 e. The van der Waals surface area contributed by atoms with Crippen LogP contribution >= 0.6 is 0 Å². The van der Waals surface area contributed by atoms with Gasteiger partial charge >= 0.3 is 11.9 Å². The molecule has 0 spiro atoms. The minimum absolute atomic E-state index is 0.103. The Morgan fingerprint density at radius 3 is 2.37 bits per heavy atom. The van der Waals surface area contributed by atoms with Gasteiger partial charge in [-0.05, 0) is 5.56 Å². The normalized spacial score (nSPS) is 10.4. The Morgan fingerprint density at radius 2 is 1.95 bits per heavy atom. The molecule has 0 saturated carbocycles. The van der Waals surface area contributed by atoms with Gasteiger partial charge in [-0.2, -0.15) is 0 Å². The van der Waals surface area contributed by atoms with Crippen LogP contribution in [0.1, 0.15) is 17.0 Å². The molecule has 19 heavy (non-hydrogen) atoms. The molecule has 1 rings (SSSR count). The highest BCUT2D eigenvalue weighted by Crippen LogP contribution is 2.28. The Bertz CT molecular complexity index is 512. The van der Waals surface area contributed by atoms with Gasteiger partial charge in [-0.15, -0.1) is 0 Å². The van der Waals surface area contributed by atoms with Gasteiger partial charge in [0.2, 0.25) is 0 Å². The lowest BCUT2D eigenvalue weighted by molar-refractivity contribution is -0.385. The Morgan fingerprint density at radius 1 is 1.37 bits per heavy atom. The average molecular weight is 269 g/mol. The van der Waals surface area contributed by atoms with Crippen molar-refractivity contribution in [2.24, 2.45) is 0 Å². The van der Waals surface area contributed by atoms with Gasteiger partial charge in [0.05, 0.1) is 17.1 Å². The number of hydrogen-bond acceptors (Lipinski definition) is 5. The first-order valence-corrected chi connectivity index (χ1v) is 5.10. The molecule has 0 aliphatic rings. The van der Waals surface area contributed by atoms with Crippen molar-refractivity contribution in [2.45, 2.75) is 12.5 Å². The number of carboxylic acid groups (broad SMARTS) is 2. The summed E-state index contributed by atoms with van der Waals surface area (Å²) < 4.78 is 4.80. The van der Waals surface area contributed by atoms with Crippen LogP contribution < -0.4 is 0 Å². The Hall–Kier alpha value is -2.48. The summed E-state index contributed by atoms with van der Waals surface area (Å²) in [5, 5.41) is 28.6. The number of carboxylic acids is 2. The summed E-state index contributed by atoms with van der Waals surface area (Å²) in [5.41, 5.74) is -0.471. The van der Waals surface area contributed by atoms with Gasteiger partial charge in [-0.1, -0.05) is 12.1 Å². The third kappa shape index (κ3) is 3.26. The van der Waals surface area contributed by atoms with Crippen LogP contribution in [0, 0.1) is 10.1 Å². The van der Waals surface area contributed by atoms with Crippen molar-refractivity contribution in [3.63, 3.8) is 0 Å². The maximum absolute atomic E-state index is 10.9. The van der Waals surface area contributed by atoms with E-state index in [1.807, 2.05) is 0 Å². The summed E-state index contributed by atoms with van der Waals surface area (Å²) in [7, 11) is 1.40. The van der Waals surface area contributed by atoms with E-state index in [4.69, 9.17) is 14.9 Å². The van der Waals surface area contributed by atoms with Crippen molar-refractivity contribution in [1.82, 2.24) is 0 Å². The van der Waals surface area contributed by atoms with Crippen LogP contribution in [0.4, 0.5) is 5.69 Å². The van der Waals surface area contributed by atoms with E-state index in [2.05, 4.69) is 0 Å². The Labute approximate surface area is 107 Å². The molecule has 102 valence electrons. The zero-order valence-electron chi connectivity index (χ0n) is 9.90. The number of carbonyl (C=O) groups is 2. The van der Waals surface area contributed by atoms with Crippen LogP contribution in [-0.2, 0) is 20.9 Å². The summed E-state index contributed by atoms with van der Waals surface area (Å²) >= 11 is 0.